The SMILES string of the molecule is CCCOC(=O)/C(CCC)=C(/CC(C)C)C(=O)OCCC. The maximum Gasteiger partial charge on any atom is 0.334 e. The molecule has 0 aromatic heterocycles. The lowest BCUT2D eigenvalue weighted by Gasteiger charge is -2.15. The van der Waals surface area contributed by atoms with Gasteiger partial charge in [0.05, 0.1) is 13.2 Å². The lowest BCUT2D eigenvalue weighted by atomic mass is 9.95. The summed E-state index contributed by atoms with van der Waals surface area (Å²) < 4.78 is 10.5. The van der Waals surface area contributed by atoms with Gasteiger partial charge in [0.1, 0.15) is 0 Å². The van der Waals surface area contributed by atoms with Gasteiger partial charge in [0.15, 0.2) is 0 Å². The molecule has 0 aliphatic rings. The van der Waals surface area contributed by atoms with Crippen molar-refractivity contribution in [3.05, 3.63) is 11.1 Å². The topological polar surface area (TPSA) is 52.6 Å². The molecule has 0 heterocycles. The highest BCUT2D eigenvalue weighted by Crippen LogP contribution is 2.22. The van der Waals surface area contributed by atoms with E-state index in [2.05, 4.69) is 0 Å². The van der Waals surface area contributed by atoms with E-state index < -0.39 is 0 Å². The zero-order chi connectivity index (χ0) is 16.3. The van der Waals surface area contributed by atoms with E-state index in [0.29, 0.717) is 37.2 Å². The van der Waals surface area contributed by atoms with E-state index in [0.717, 1.165) is 19.3 Å². The minimum absolute atomic E-state index is 0.278. The Labute approximate surface area is 128 Å². The molecule has 122 valence electrons. The molecule has 0 fully saturated rings. The quantitative estimate of drug-likeness (QED) is 0.451. The van der Waals surface area contributed by atoms with Gasteiger partial charge >= 0.3 is 11.9 Å². The molecule has 0 rings (SSSR count). The van der Waals surface area contributed by atoms with Crippen molar-refractivity contribution >= 4 is 11.9 Å². The summed E-state index contributed by atoms with van der Waals surface area (Å²) in [6.07, 6.45) is 3.42. The van der Waals surface area contributed by atoms with Gasteiger partial charge in [-0.05, 0) is 31.6 Å². The summed E-state index contributed by atoms with van der Waals surface area (Å²) in [5.74, 6) is -0.467. The smallest absolute Gasteiger partial charge is 0.334 e. The summed E-state index contributed by atoms with van der Waals surface area (Å²) in [5.41, 5.74) is 0.974. The van der Waals surface area contributed by atoms with Crippen molar-refractivity contribution in [2.24, 2.45) is 5.92 Å². The Balaban J connectivity index is 5.35. The van der Waals surface area contributed by atoms with Gasteiger partial charge in [-0.1, -0.05) is 41.0 Å². The number of hydrogen-bond acceptors (Lipinski definition) is 4. The van der Waals surface area contributed by atoms with Crippen LogP contribution in [0.25, 0.3) is 0 Å². The van der Waals surface area contributed by atoms with E-state index in [1.165, 1.54) is 0 Å². The Hall–Kier alpha value is -1.32. The van der Waals surface area contributed by atoms with Crippen LogP contribution in [-0.2, 0) is 19.1 Å². The maximum atomic E-state index is 12.2. The molecule has 0 amide bonds. The summed E-state index contributed by atoms with van der Waals surface area (Å²) in [6, 6.07) is 0. The van der Waals surface area contributed by atoms with Gasteiger partial charge in [-0.25, -0.2) is 9.59 Å². The summed E-state index contributed by atoms with van der Waals surface area (Å²) in [7, 11) is 0. The van der Waals surface area contributed by atoms with E-state index >= 15 is 0 Å². The van der Waals surface area contributed by atoms with Crippen LogP contribution in [0.4, 0.5) is 0 Å². The van der Waals surface area contributed by atoms with E-state index in [1.807, 2.05) is 34.6 Å². The molecule has 0 saturated carbocycles. The van der Waals surface area contributed by atoms with E-state index in [9.17, 15) is 9.59 Å². The fourth-order valence-electron chi connectivity index (χ4n) is 1.93. The van der Waals surface area contributed by atoms with Crippen molar-refractivity contribution in [3.8, 4) is 0 Å². The molecule has 0 spiro atoms. The first-order chi connectivity index (χ1) is 9.97. The molecule has 0 bridgehead atoms. The standard InChI is InChI=1S/C17H30O4/c1-6-9-14(16(18)20-10-7-2)15(12-13(4)5)17(19)21-11-8-3/h13H,6-12H2,1-5H3/b15-14-. The molecule has 0 atom stereocenters. The van der Waals surface area contributed by atoms with Gasteiger partial charge in [-0.2, -0.15) is 0 Å². The Morgan fingerprint density at radius 1 is 0.810 bits per heavy atom. The minimum atomic E-state index is -0.373. The van der Waals surface area contributed by atoms with Crippen LogP contribution in [0.3, 0.4) is 0 Å². The van der Waals surface area contributed by atoms with E-state index in [4.69, 9.17) is 9.47 Å². The minimum Gasteiger partial charge on any atom is -0.462 e. The Bertz CT molecular complexity index is 356. The first kappa shape index (κ1) is 19.7. The molecule has 0 saturated heterocycles. The van der Waals surface area contributed by atoms with E-state index in [-0.39, 0.29) is 17.9 Å². The van der Waals surface area contributed by atoms with Gasteiger partial charge in [-0.3, -0.25) is 0 Å². The molecule has 4 heteroatoms. The van der Waals surface area contributed by atoms with E-state index in [1.54, 1.807) is 0 Å². The molecule has 0 aromatic carbocycles. The third-order valence-electron chi connectivity index (χ3n) is 2.84. The summed E-state index contributed by atoms with van der Waals surface area (Å²) in [4.78, 5) is 24.4. The first-order valence-corrected chi connectivity index (χ1v) is 8.04. The predicted octanol–water partition coefficient (Wildman–Crippen LogP) is 4.04. The highest BCUT2D eigenvalue weighted by atomic mass is 16.5. The number of ether oxygens (including phenoxy) is 2. The number of rotatable bonds is 10. The zero-order valence-corrected chi connectivity index (χ0v) is 14.2. The van der Waals surface area contributed by atoms with Crippen molar-refractivity contribution in [1.29, 1.82) is 0 Å². The second-order valence-electron chi connectivity index (χ2n) is 5.58. The molecule has 0 unspecified atom stereocenters. The maximum absolute atomic E-state index is 12.2. The van der Waals surface area contributed by atoms with Gasteiger partial charge in [0.2, 0.25) is 0 Å². The normalized spacial score (nSPS) is 12.1. The molecule has 0 N–H and O–H groups in total. The van der Waals surface area contributed by atoms with Gasteiger partial charge in [-0.15, -0.1) is 0 Å². The Morgan fingerprint density at radius 3 is 1.67 bits per heavy atom. The van der Waals surface area contributed by atoms with Crippen LogP contribution >= 0.6 is 0 Å². The monoisotopic (exact) mass is 298 g/mol. The largest absolute Gasteiger partial charge is 0.462 e. The fourth-order valence-corrected chi connectivity index (χ4v) is 1.93. The highest BCUT2D eigenvalue weighted by molar-refractivity contribution is 6.00. The summed E-state index contributed by atoms with van der Waals surface area (Å²) in [5, 5.41) is 0. The molecule has 0 radical (unpaired) electrons. The Morgan fingerprint density at radius 2 is 1.29 bits per heavy atom. The first-order valence-electron chi connectivity index (χ1n) is 8.04. The number of esters is 2. The van der Waals surface area contributed by atoms with Crippen molar-refractivity contribution in [2.45, 2.75) is 66.7 Å². The second kappa shape index (κ2) is 11.4. The summed E-state index contributed by atoms with van der Waals surface area (Å²) >= 11 is 0. The van der Waals surface area contributed by atoms with Crippen molar-refractivity contribution in [2.75, 3.05) is 13.2 Å². The Kier molecular flexibility index (Phi) is 10.6. The molecule has 0 aliphatic carbocycles. The van der Waals surface area contributed by atoms with Gasteiger partial charge in [0, 0.05) is 11.1 Å². The van der Waals surface area contributed by atoms with Crippen LogP contribution in [0, 0.1) is 5.92 Å². The lowest BCUT2D eigenvalue weighted by Crippen LogP contribution is -2.18. The second-order valence-corrected chi connectivity index (χ2v) is 5.58. The third kappa shape index (κ3) is 7.88. The van der Waals surface area contributed by atoms with Crippen LogP contribution in [0.5, 0.6) is 0 Å². The van der Waals surface area contributed by atoms with Gasteiger partial charge in [0.25, 0.3) is 0 Å². The molecule has 4 nitrogen and oxygen atoms in total. The third-order valence-corrected chi connectivity index (χ3v) is 2.84. The van der Waals surface area contributed by atoms with Gasteiger partial charge < -0.3 is 9.47 Å². The fraction of sp³-hybridized carbons (Fsp3) is 0.765. The number of carbonyl (C=O) groups excluding carboxylic acids is 2. The van der Waals surface area contributed by atoms with Crippen LogP contribution in [-0.4, -0.2) is 25.2 Å². The van der Waals surface area contributed by atoms with Crippen molar-refractivity contribution in [3.63, 3.8) is 0 Å². The van der Waals surface area contributed by atoms with Crippen LogP contribution < -0.4 is 0 Å². The number of hydrogen-bond donors (Lipinski definition) is 0. The van der Waals surface area contributed by atoms with Crippen LogP contribution in [0.1, 0.15) is 66.7 Å². The molecular weight excluding hydrogens is 268 g/mol. The lowest BCUT2D eigenvalue weighted by molar-refractivity contribution is -0.142. The average Bonchev–Trinajstić information content (AvgIpc) is 2.45. The van der Waals surface area contributed by atoms with Crippen LogP contribution in [0.15, 0.2) is 11.1 Å². The summed E-state index contributed by atoms with van der Waals surface area (Å²) in [6.45, 7) is 10.7. The average molecular weight is 298 g/mol. The van der Waals surface area contributed by atoms with Crippen molar-refractivity contribution in [1.82, 2.24) is 0 Å². The molecule has 21 heavy (non-hydrogen) atoms. The highest BCUT2D eigenvalue weighted by Gasteiger charge is 2.23. The zero-order valence-electron chi connectivity index (χ0n) is 14.2. The van der Waals surface area contributed by atoms with Crippen LogP contribution in [0.2, 0.25) is 0 Å². The molecular formula is C17H30O4. The predicted molar refractivity (Wildman–Crippen MR) is 83.9 cm³/mol. The van der Waals surface area contributed by atoms with Crippen molar-refractivity contribution < 1.29 is 19.1 Å². The number of carbonyl (C=O) groups is 2. The molecule has 0 aliphatic heterocycles. The molecule has 0 aromatic rings.